The summed E-state index contributed by atoms with van der Waals surface area (Å²) in [5.74, 6) is 0.0992. The third-order valence-corrected chi connectivity index (χ3v) is 3.43. The van der Waals surface area contributed by atoms with E-state index in [1.54, 1.807) is 0 Å². The average Bonchev–Trinajstić information content (AvgIpc) is 2.35. The lowest BCUT2D eigenvalue weighted by Crippen LogP contribution is -2.47. The fourth-order valence-electron chi connectivity index (χ4n) is 2.39. The molecule has 1 saturated heterocycles. The minimum absolute atomic E-state index is 0.0992. The normalized spacial score (nSPS) is 20.7. The number of likely N-dealkylation sites (tertiary alicyclic amines) is 1. The van der Waals surface area contributed by atoms with E-state index in [1.807, 2.05) is 17.0 Å². The van der Waals surface area contributed by atoms with E-state index in [2.05, 4.69) is 19.1 Å². The summed E-state index contributed by atoms with van der Waals surface area (Å²) in [7, 11) is 0. The van der Waals surface area contributed by atoms with E-state index in [1.165, 1.54) is 11.1 Å². The van der Waals surface area contributed by atoms with Gasteiger partial charge in [-0.3, -0.25) is 4.79 Å². The van der Waals surface area contributed by atoms with Gasteiger partial charge in [-0.25, -0.2) is 0 Å². The molecule has 2 N–H and O–H groups in total. The highest BCUT2D eigenvalue weighted by Crippen LogP contribution is 2.17. The van der Waals surface area contributed by atoms with Crippen molar-refractivity contribution in [2.24, 2.45) is 5.73 Å². The lowest BCUT2D eigenvalue weighted by molar-refractivity contribution is -0.135. The molecule has 2 rings (SSSR count). The van der Waals surface area contributed by atoms with Crippen molar-refractivity contribution >= 4 is 5.91 Å². The van der Waals surface area contributed by atoms with E-state index in [0.717, 1.165) is 25.8 Å². The fourth-order valence-corrected chi connectivity index (χ4v) is 2.39. The van der Waals surface area contributed by atoms with E-state index in [-0.39, 0.29) is 11.9 Å². The van der Waals surface area contributed by atoms with Crippen LogP contribution in [0.2, 0.25) is 0 Å². The maximum Gasteiger partial charge on any atom is 0.239 e. The molecule has 92 valence electrons. The summed E-state index contributed by atoms with van der Waals surface area (Å²) >= 11 is 0. The molecule has 1 atom stereocenters. The summed E-state index contributed by atoms with van der Waals surface area (Å²) in [6, 6.07) is 8.02. The Hall–Kier alpha value is -1.35. The number of benzene rings is 1. The van der Waals surface area contributed by atoms with Gasteiger partial charge < -0.3 is 10.6 Å². The van der Waals surface area contributed by atoms with Gasteiger partial charge in [-0.15, -0.1) is 0 Å². The second kappa shape index (κ2) is 5.32. The maximum atomic E-state index is 11.9. The summed E-state index contributed by atoms with van der Waals surface area (Å²) in [6.45, 7) is 3.68. The third kappa shape index (κ3) is 2.67. The topological polar surface area (TPSA) is 46.3 Å². The van der Waals surface area contributed by atoms with Crippen LogP contribution in [0.5, 0.6) is 0 Å². The zero-order valence-corrected chi connectivity index (χ0v) is 10.4. The van der Waals surface area contributed by atoms with E-state index in [0.29, 0.717) is 6.54 Å². The summed E-state index contributed by atoms with van der Waals surface area (Å²) in [5.41, 5.74) is 8.37. The fraction of sp³-hybridized carbons (Fsp3) is 0.500. The Bertz CT molecular complexity index is 403. The van der Waals surface area contributed by atoms with Crippen LogP contribution in [0.3, 0.4) is 0 Å². The standard InChI is InChI=1S/C14H20N2O/c1-2-11-6-3-4-7-12(11)10-16-9-5-8-13(15)14(16)17/h3-4,6-7,13H,2,5,8-10,15H2,1H3. The van der Waals surface area contributed by atoms with Crippen molar-refractivity contribution in [2.75, 3.05) is 6.54 Å². The van der Waals surface area contributed by atoms with Crippen molar-refractivity contribution < 1.29 is 4.79 Å². The Labute approximate surface area is 103 Å². The van der Waals surface area contributed by atoms with Crippen LogP contribution in [-0.4, -0.2) is 23.4 Å². The SMILES string of the molecule is CCc1ccccc1CN1CCCC(N)C1=O. The molecule has 1 aliphatic heterocycles. The molecule has 1 aromatic carbocycles. The molecule has 0 spiro atoms. The first kappa shape index (κ1) is 12.1. The van der Waals surface area contributed by atoms with Crippen LogP contribution < -0.4 is 5.73 Å². The number of rotatable bonds is 3. The highest BCUT2D eigenvalue weighted by molar-refractivity contribution is 5.82. The number of hydrogen-bond acceptors (Lipinski definition) is 2. The minimum Gasteiger partial charge on any atom is -0.337 e. The van der Waals surface area contributed by atoms with Crippen LogP contribution >= 0.6 is 0 Å². The zero-order chi connectivity index (χ0) is 12.3. The van der Waals surface area contributed by atoms with Gasteiger partial charge in [0.05, 0.1) is 6.04 Å². The summed E-state index contributed by atoms with van der Waals surface area (Å²) in [6.07, 6.45) is 2.84. The Kier molecular flexibility index (Phi) is 3.79. The summed E-state index contributed by atoms with van der Waals surface area (Å²) in [5, 5.41) is 0. The van der Waals surface area contributed by atoms with Gasteiger partial charge in [0.2, 0.25) is 5.91 Å². The van der Waals surface area contributed by atoms with E-state index in [4.69, 9.17) is 5.73 Å². The number of carbonyl (C=O) groups excluding carboxylic acids is 1. The predicted molar refractivity (Wildman–Crippen MR) is 68.4 cm³/mol. The number of hydrogen-bond donors (Lipinski definition) is 1. The van der Waals surface area contributed by atoms with E-state index in [9.17, 15) is 4.79 Å². The van der Waals surface area contributed by atoms with E-state index < -0.39 is 0 Å². The van der Waals surface area contributed by atoms with Crippen LogP contribution in [0.15, 0.2) is 24.3 Å². The smallest absolute Gasteiger partial charge is 0.239 e. The molecule has 1 fully saturated rings. The number of carbonyl (C=O) groups is 1. The lowest BCUT2D eigenvalue weighted by atomic mass is 10.0. The predicted octanol–water partition coefficient (Wildman–Crippen LogP) is 1.70. The van der Waals surface area contributed by atoms with Crippen LogP contribution in [0.4, 0.5) is 0 Å². The monoisotopic (exact) mass is 232 g/mol. The highest BCUT2D eigenvalue weighted by atomic mass is 16.2. The van der Waals surface area contributed by atoms with Crippen LogP contribution in [0, 0.1) is 0 Å². The molecule has 3 nitrogen and oxygen atoms in total. The van der Waals surface area contributed by atoms with Crippen molar-refractivity contribution in [3.8, 4) is 0 Å². The second-order valence-electron chi connectivity index (χ2n) is 4.63. The first-order valence-corrected chi connectivity index (χ1v) is 6.33. The Morgan fingerprint density at radius 1 is 1.35 bits per heavy atom. The Morgan fingerprint density at radius 2 is 2.06 bits per heavy atom. The molecule has 0 radical (unpaired) electrons. The van der Waals surface area contributed by atoms with Gasteiger partial charge in [-0.1, -0.05) is 31.2 Å². The van der Waals surface area contributed by atoms with E-state index >= 15 is 0 Å². The Morgan fingerprint density at radius 3 is 2.76 bits per heavy atom. The summed E-state index contributed by atoms with van der Waals surface area (Å²) < 4.78 is 0. The molecule has 0 saturated carbocycles. The largest absolute Gasteiger partial charge is 0.337 e. The number of piperidine rings is 1. The van der Waals surface area contributed by atoms with Crippen molar-refractivity contribution in [3.05, 3.63) is 35.4 Å². The molecule has 1 heterocycles. The average molecular weight is 232 g/mol. The lowest BCUT2D eigenvalue weighted by Gasteiger charge is -2.31. The number of amides is 1. The molecule has 1 amide bonds. The van der Waals surface area contributed by atoms with Crippen LogP contribution in [-0.2, 0) is 17.8 Å². The van der Waals surface area contributed by atoms with Gasteiger partial charge in [0.1, 0.15) is 0 Å². The van der Waals surface area contributed by atoms with Crippen molar-refractivity contribution in [1.82, 2.24) is 4.90 Å². The highest BCUT2D eigenvalue weighted by Gasteiger charge is 2.25. The Balaban J connectivity index is 2.12. The minimum atomic E-state index is -0.294. The number of aryl methyl sites for hydroxylation is 1. The molecule has 3 heteroatoms. The van der Waals surface area contributed by atoms with Gasteiger partial charge in [0, 0.05) is 13.1 Å². The van der Waals surface area contributed by atoms with Gasteiger partial charge in [-0.2, -0.15) is 0 Å². The molecule has 0 bridgehead atoms. The van der Waals surface area contributed by atoms with Crippen molar-refractivity contribution in [1.29, 1.82) is 0 Å². The molecular formula is C14H20N2O. The zero-order valence-electron chi connectivity index (χ0n) is 10.4. The first-order valence-electron chi connectivity index (χ1n) is 6.33. The summed E-state index contributed by atoms with van der Waals surface area (Å²) in [4.78, 5) is 13.8. The number of nitrogens with two attached hydrogens (primary N) is 1. The van der Waals surface area contributed by atoms with Gasteiger partial charge in [0.25, 0.3) is 0 Å². The molecule has 1 aliphatic rings. The first-order chi connectivity index (χ1) is 8.22. The van der Waals surface area contributed by atoms with Gasteiger partial charge in [0.15, 0.2) is 0 Å². The van der Waals surface area contributed by atoms with Gasteiger partial charge >= 0.3 is 0 Å². The number of nitrogens with zero attached hydrogens (tertiary/aromatic N) is 1. The van der Waals surface area contributed by atoms with Crippen LogP contribution in [0.1, 0.15) is 30.9 Å². The quantitative estimate of drug-likeness (QED) is 0.862. The molecule has 0 aliphatic carbocycles. The maximum absolute atomic E-state index is 11.9. The van der Waals surface area contributed by atoms with Crippen molar-refractivity contribution in [3.63, 3.8) is 0 Å². The molecule has 1 aromatic rings. The third-order valence-electron chi connectivity index (χ3n) is 3.43. The molecule has 0 aromatic heterocycles. The van der Waals surface area contributed by atoms with Crippen molar-refractivity contribution in [2.45, 2.75) is 38.8 Å². The van der Waals surface area contributed by atoms with Crippen LogP contribution in [0.25, 0.3) is 0 Å². The van der Waals surface area contributed by atoms with Gasteiger partial charge in [-0.05, 0) is 30.4 Å². The molecule has 1 unspecified atom stereocenters. The second-order valence-corrected chi connectivity index (χ2v) is 4.63. The molecule has 17 heavy (non-hydrogen) atoms. The molecular weight excluding hydrogens is 212 g/mol.